The van der Waals surface area contributed by atoms with Gasteiger partial charge in [-0.25, -0.2) is 0 Å². The zero-order valence-corrected chi connectivity index (χ0v) is 13.4. The maximum Gasteiger partial charge on any atom is 0.330 e. The largest absolute Gasteiger partial charge is 0.508 e. The highest BCUT2D eigenvalue weighted by Gasteiger charge is 2.25. The predicted octanol–water partition coefficient (Wildman–Crippen LogP) is 4.54. The van der Waals surface area contributed by atoms with E-state index in [1.54, 1.807) is 12.1 Å². The Morgan fingerprint density at radius 2 is 1.65 bits per heavy atom. The highest BCUT2D eigenvalue weighted by Crippen LogP contribution is 2.49. The van der Waals surface area contributed by atoms with Gasteiger partial charge < -0.3 is 14.2 Å². The van der Waals surface area contributed by atoms with Crippen molar-refractivity contribution in [1.29, 1.82) is 0 Å². The van der Waals surface area contributed by atoms with E-state index in [-0.39, 0.29) is 5.75 Å². The summed E-state index contributed by atoms with van der Waals surface area (Å²) in [5, 5.41) is 9.33. The number of hydrogen-bond donors (Lipinski definition) is 1. The van der Waals surface area contributed by atoms with Gasteiger partial charge in [0.05, 0.1) is 19.4 Å². The molecule has 20 heavy (non-hydrogen) atoms. The van der Waals surface area contributed by atoms with Crippen LogP contribution in [0.5, 0.6) is 5.75 Å². The van der Waals surface area contributed by atoms with Gasteiger partial charge in [-0.15, -0.1) is 0 Å². The molecule has 1 aromatic carbocycles. The molecular formula is C15H25O4P. The fourth-order valence-electron chi connectivity index (χ4n) is 2.23. The monoisotopic (exact) mass is 300 g/mol. The third kappa shape index (κ3) is 5.28. The maximum atomic E-state index is 12.4. The zero-order chi connectivity index (χ0) is 15.0. The second kappa shape index (κ2) is 8.46. The summed E-state index contributed by atoms with van der Waals surface area (Å²) >= 11 is 0. The minimum atomic E-state index is -2.97. The third-order valence-electron chi connectivity index (χ3n) is 3.26. The minimum Gasteiger partial charge on any atom is -0.508 e. The second-order valence-corrected chi connectivity index (χ2v) is 6.84. The van der Waals surface area contributed by atoms with Crippen molar-refractivity contribution in [3.8, 4) is 5.75 Å². The lowest BCUT2D eigenvalue weighted by molar-refractivity contribution is 0.219. The summed E-state index contributed by atoms with van der Waals surface area (Å²) in [6.07, 6.45) is 2.12. The predicted molar refractivity (Wildman–Crippen MR) is 81.5 cm³/mol. The van der Waals surface area contributed by atoms with Gasteiger partial charge in [0.15, 0.2) is 0 Å². The van der Waals surface area contributed by atoms with Gasteiger partial charge >= 0.3 is 7.60 Å². The molecule has 0 heterocycles. The van der Waals surface area contributed by atoms with E-state index in [4.69, 9.17) is 9.05 Å². The molecule has 0 amide bonds. The first-order chi connectivity index (χ1) is 9.54. The smallest absolute Gasteiger partial charge is 0.330 e. The van der Waals surface area contributed by atoms with Crippen LogP contribution in [-0.4, -0.2) is 24.5 Å². The molecule has 1 aromatic rings. The van der Waals surface area contributed by atoms with Crippen molar-refractivity contribution in [3.05, 3.63) is 29.8 Å². The molecule has 0 saturated carbocycles. The van der Waals surface area contributed by atoms with Gasteiger partial charge in [0, 0.05) is 0 Å². The Balaban J connectivity index is 2.68. The molecule has 0 radical (unpaired) electrons. The molecule has 1 N–H and O–H groups in total. The summed E-state index contributed by atoms with van der Waals surface area (Å²) in [5.41, 5.74) is 1.14. The van der Waals surface area contributed by atoms with Crippen LogP contribution in [0, 0.1) is 0 Å². The summed E-state index contributed by atoms with van der Waals surface area (Å²) in [7, 11) is -2.97. The Bertz CT molecular complexity index is 420. The average Bonchev–Trinajstić information content (AvgIpc) is 2.42. The molecule has 5 heteroatoms. The molecule has 1 unspecified atom stereocenters. The molecule has 0 fully saturated rings. The van der Waals surface area contributed by atoms with Crippen molar-refractivity contribution >= 4 is 7.60 Å². The van der Waals surface area contributed by atoms with Crippen LogP contribution in [-0.2, 0) is 13.6 Å². The topological polar surface area (TPSA) is 55.8 Å². The van der Waals surface area contributed by atoms with Crippen LogP contribution in [0.1, 0.15) is 45.1 Å². The van der Waals surface area contributed by atoms with E-state index in [9.17, 15) is 9.67 Å². The van der Waals surface area contributed by atoms with Crippen molar-refractivity contribution in [2.24, 2.45) is 0 Å². The van der Waals surface area contributed by atoms with Crippen molar-refractivity contribution in [2.75, 3.05) is 19.4 Å². The molecule has 4 nitrogen and oxygen atoms in total. The van der Waals surface area contributed by atoms with Gasteiger partial charge in [0.2, 0.25) is 0 Å². The van der Waals surface area contributed by atoms with E-state index in [2.05, 4.69) is 6.92 Å². The number of aromatic hydroxyl groups is 1. The van der Waals surface area contributed by atoms with Gasteiger partial charge in [-0.1, -0.05) is 19.1 Å². The number of hydrogen-bond acceptors (Lipinski definition) is 4. The molecular weight excluding hydrogens is 275 g/mol. The fraction of sp³-hybridized carbons (Fsp3) is 0.600. The molecule has 0 saturated heterocycles. The molecule has 1 rings (SSSR count). The first kappa shape index (κ1) is 17.2. The molecule has 114 valence electrons. The Morgan fingerprint density at radius 3 is 2.10 bits per heavy atom. The normalized spacial score (nSPS) is 13.3. The van der Waals surface area contributed by atoms with E-state index >= 15 is 0 Å². The summed E-state index contributed by atoms with van der Waals surface area (Å²) in [4.78, 5) is 0. The van der Waals surface area contributed by atoms with E-state index in [0.29, 0.717) is 25.3 Å². The minimum absolute atomic E-state index is 0.262. The van der Waals surface area contributed by atoms with Crippen molar-refractivity contribution in [3.63, 3.8) is 0 Å². The third-order valence-corrected chi connectivity index (χ3v) is 5.37. The summed E-state index contributed by atoms with van der Waals surface area (Å²) in [6, 6.07) is 7.19. The Morgan fingerprint density at radius 1 is 1.10 bits per heavy atom. The Hall–Kier alpha value is -0.830. The number of phenols is 1. The van der Waals surface area contributed by atoms with E-state index in [1.807, 2.05) is 26.0 Å². The summed E-state index contributed by atoms with van der Waals surface area (Å²) < 4.78 is 23.1. The molecule has 0 aliphatic rings. The molecule has 0 aromatic heterocycles. The molecule has 0 aliphatic heterocycles. The Labute approximate surface area is 121 Å². The first-order valence-corrected chi connectivity index (χ1v) is 8.94. The molecule has 0 bridgehead atoms. The Kier molecular flexibility index (Phi) is 7.28. The van der Waals surface area contributed by atoms with Gasteiger partial charge in [-0.3, -0.25) is 4.57 Å². The highest BCUT2D eigenvalue weighted by atomic mass is 31.2. The lowest BCUT2D eigenvalue weighted by Gasteiger charge is -2.20. The number of benzene rings is 1. The van der Waals surface area contributed by atoms with Crippen LogP contribution in [0.3, 0.4) is 0 Å². The number of phenolic OH excluding ortho intramolecular Hbond substituents is 1. The SMILES string of the molecule is CCOP(=O)(CCC(CC)c1ccc(O)cc1)OCC. The van der Waals surface area contributed by atoms with E-state index in [1.165, 1.54) is 0 Å². The van der Waals surface area contributed by atoms with E-state index in [0.717, 1.165) is 18.4 Å². The van der Waals surface area contributed by atoms with Crippen LogP contribution in [0.25, 0.3) is 0 Å². The summed E-state index contributed by atoms with van der Waals surface area (Å²) in [6.45, 7) is 6.54. The lowest BCUT2D eigenvalue weighted by Crippen LogP contribution is -2.05. The first-order valence-electron chi connectivity index (χ1n) is 7.21. The standard InChI is InChI=1S/C15H25O4P/c1-4-13(14-7-9-15(16)10-8-14)11-12-20(17,18-5-2)19-6-3/h7-10,13,16H,4-6,11-12H2,1-3H3. The maximum absolute atomic E-state index is 12.4. The quantitative estimate of drug-likeness (QED) is 0.680. The zero-order valence-electron chi connectivity index (χ0n) is 12.5. The van der Waals surface area contributed by atoms with Crippen LogP contribution in [0.2, 0.25) is 0 Å². The highest BCUT2D eigenvalue weighted by molar-refractivity contribution is 7.53. The fourth-order valence-corrected chi connectivity index (χ4v) is 3.97. The van der Waals surface area contributed by atoms with Gasteiger partial charge in [0.25, 0.3) is 0 Å². The van der Waals surface area contributed by atoms with Crippen molar-refractivity contribution in [1.82, 2.24) is 0 Å². The van der Waals surface area contributed by atoms with E-state index < -0.39 is 7.60 Å². The second-order valence-electron chi connectivity index (χ2n) is 4.66. The molecule has 0 spiro atoms. The van der Waals surface area contributed by atoms with Crippen LogP contribution < -0.4 is 0 Å². The van der Waals surface area contributed by atoms with Crippen molar-refractivity contribution < 1.29 is 18.7 Å². The lowest BCUT2D eigenvalue weighted by atomic mass is 9.94. The van der Waals surface area contributed by atoms with Gasteiger partial charge in [0.1, 0.15) is 5.75 Å². The average molecular weight is 300 g/mol. The summed E-state index contributed by atoms with van der Waals surface area (Å²) in [5.74, 6) is 0.558. The molecule has 0 aliphatic carbocycles. The van der Waals surface area contributed by atoms with Gasteiger partial charge in [-0.2, -0.15) is 0 Å². The van der Waals surface area contributed by atoms with Crippen LogP contribution in [0.15, 0.2) is 24.3 Å². The van der Waals surface area contributed by atoms with Gasteiger partial charge in [-0.05, 0) is 50.3 Å². The molecule has 1 atom stereocenters. The van der Waals surface area contributed by atoms with Crippen LogP contribution in [0.4, 0.5) is 0 Å². The number of rotatable bonds is 9. The van der Waals surface area contributed by atoms with Crippen LogP contribution >= 0.6 is 7.60 Å². The van der Waals surface area contributed by atoms with Crippen molar-refractivity contribution in [2.45, 2.75) is 39.5 Å².